The molecule has 1 heterocycles. The molecule has 0 saturated carbocycles. The summed E-state index contributed by atoms with van der Waals surface area (Å²) < 4.78 is 4.97. The Bertz CT molecular complexity index is 237. The van der Waals surface area contributed by atoms with Crippen LogP contribution in [-0.4, -0.2) is 12.1 Å². The Morgan fingerprint density at radius 3 is 2.82 bits per heavy atom. The van der Waals surface area contributed by atoms with E-state index in [9.17, 15) is 0 Å². The molecule has 0 N–H and O–H groups in total. The second-order valence-corrected chi connectivity index (χ2v) is 3.59. The molecule has 0 aromatic carbocycles. The molecule has 1 aromatic rings. The normalized spacial score (nSPS) is 12.6. The Kier molecular flexibility index (Phi) is 2.88. The molecule has 11 heavy (non-hydrogen) atoms. The van der Waals surface area contributed by atoms with Crippen LogP contribution in [0.1, 0.15) is 17.4 Å². The SMILES string of the molecule is COc1cccc([C@H](C)Br)n1. The molecular weight excluding hydrogens is 206 g/mol. The van der Waals surface area contributed by atoms with Gasteiger partial charge in [-0.15, -0.1) is 0 Å². The van der Waals surface area contributed by atoms with Crippen molar-refractivity contribution in [2.45, 2.75) is 11.8 Å². The van der Waals surface area contributed by atoms with Gasteiger partial charge in [-0.05, 0) is 13.0 Å². The van der Waals surface area contributed by atoms with Crippen molar-refractivity contribution in [1.29, 1.82) is 0 Å². The summed E-state index contributed by atoms with van der Waals surface area (Å²) >= 11 is 3.43. The van der Waals surface area contributed by atoms with Crippen LogP contribution in [-0.2, 0) is 0 Å². The van der Waals surface area contributed by atoms with Crippen molar-refractivity contribution in [3.8, 4) is 5.88 Å². The molecule has 0 amide bonds. The number of hydrogen-bond acceptors (Lipinski definition) is 2. The highest BCUT2D eigenvalue weighted by Crippen LogP contribution is 2.20. The Morgan fingerprint density at radius 1 is 1.55 bits per heavy atom. The molecule has 0 radical (unpaired) electrons. The number of ether oxygens (including phenoxy) is 1. The molecule has 0 aliphatic heterocycles. The third kappa shape index (κ3) is 2.19. The van der Waals surface area contributed by atoms with Gasteiger partial charge in [0.2, 0.25) is 5.88 Å². The maximum atomic E-state index is 4.97. The van der Waals surface area contributed by atoms with Gasteiger partial charge >= 0.3 is 0 Å². The summed E-state index contributed by atoms with van der Waals surface area (Å²) in [5.74, 6) is 0.661. The largest absolute Gasteiger partial charge is 0.481 e. The van der Waals surface area contributed by atoms with Gasteiger partial charge in [-0.2, -0.15) is 0 Å². The van der Waals surface area contributed by atoms with E-state index in [1.54, 1.807) is 7.11 Å². The van der Waals surface area contributed by atoms with Gasteiger partial charge in [-0.3, -0.25) is 0 Å². The van der Waals surface area contributed by atoms with Crippen molar-refractivity contribution in [2.24, 2.45) is 0 Å². The number of aromatic nitrogens is 1. The van der Waals surface area contributed by atoms with E-state index < -0.39 is 0 Å². The number of methoxy groups -OCH3 is 1. The fourth-order valence-electron chi connectivity index (χ4n) is 0.766. The maximum Gasteiger partial charge on any atom is 0.213 e. The molecule has 0 bridgehead atoms. The van der Waals surface area contributed by atoms with Crippen molar-refractivity contribution in [1.82, 2.24) is 4.98 Å². The molecule has 2 nitrogen and oxygen atoms in total. The first-order valence-electron chi connectivity index (χ1n) is 3.39. The highest BCUT2D eigenvalue weighted by molar-refractivity contribution is 9.09. The number of hydrogen-bond donors (Lipinski definition) is 0. The number of rotatable bonds is 2. The predicted molar refractivity (Wildman–Crippen MR) is 48.1 cm³/mol. The quantitative estimate of drug-likeness (QED) is 0.708. The Morgan fingerprint density at radius 2 is 2.27 bits per heavy atom. The van der Waals surface area contributed by atoms with E-state index in [0.717, 1.165) is 5.69 Å². The molecule has 0 aliphatic carbocycles. The average molecular weight is 216 g/mol. The lowest BCUT2D eigenvalue weighted by Gasteiger charge is -2.03. The highest BCUT2D eigenvalue weighted by atomic mass is 79.9. The van der Waals surface area contributed by atoms with Crippen LogP contribution in [0, 0.1) is 0 Å². The zero-order chi connectivity index (χ0) is 8.27. The Labute approximate surface area is 74.7 Å². The first kappa shape index (κ1) is 8.53. The summed E-state index contributed by atoms with van der Waals surface area (Å²) in [7, 11) is 1.62. The van der Waals surface area contributed by atoms with E-state index in [1.807, 2.05) is 25.1 Å². The fourth-order valence-corrected chi connectivity index (χ4v) is 1.02. The van der Waals surface area contributed by atoms with Crippen molar-refractivity contribution >= 4 is 15.9 Å². The molecule has 0 aliphatic rings. The second-order valence-electron chi connectivity index (χ2n) is 2.22. The van der Waals surface area contributed by atoms with Crippen molar-refractivity contribution < 1.29 is 4.74 Å². The molecule has 0 unspecified atom stereocenters. The van der Waals surface area contributed by atoms with E-state index in [0.29, 0.717) is 5.88 Å². The average Bonchev–Trinajstić information content (AvgIpc) is 2.05. The molecule has 0 spiro atoms. The lowest BCUT2D eigenvalue weighted by atomic mass is 10.3. The molecule has 60 valence electrons. The summed E-state index contributed by atoms with van der Waals surface area (Å²) in [6.45, 7) is 2.03. The Hall–Kier alpha value is -0.570. The molecule has 3 heteroatoms. The third-order valence-corrected chi connectivity index (χ3v) is 1.83. The first-order chi connectivity index (χ1) is 5.24. The van der Waals surface area contributed by atoms with Gasteiger partial charge in [-0.25, -0.2) is 4.98 Å². The number of pyridine rings is 1. The monoisotopic (exact) mass is 215 g/mol. The van der Waals surface area contributed by atoms with Gasteiger partial charge in [0.25, 0.3) is 0 Å². The van der Waals surface area contributed by atoms with E-state index in [4.69, 9.17) is 4.74 Å². The Balaban J connectivity index is 2.91. The van der Waals surface area contributed by atoms with E-state index in [1.165, 1.54) is 0 Å². The molecule has 0 fully saturated rings. The lowest BCUT2D eigenvalue weighted by Crippen LogP contribution is -1.92. The molecular formula is C8H10BrNO. The zero-order valence-corrected chi connectivity index (χ0v) is 8.13. The third-order valence-electron chi connectivity index (χ3n) is 1.36. The lowest BCUT2D eigenvalue weighted by molar-refractivity contribution is 0.396. The zero-order valence-electron chi connectivity index (χ0n) is 6.54. The standard InChI is InChI=1S/C8H10BrNO/c1-6(9)7-4-3-5-8(10-7)11-2/h3-6H,1-2H3/t6-/m0/s1. The van der Waals surface area contributed by atoms with Gasteiger partial charge in [-0.1, -0.05) is 22.0 Å². The minimum Gasteiger partial charge on any atom is -0.481 e. The summed E-state index contributed by atoms with van der Waals surface area (Å²) in [5.41, 5.74) is 0.990. The van der Waals surface area contributed by atoms with Gasteiger partial charge < -0.3 is 4.74 Å². The number of alkyl halides is 1. The van der Waals surface area contributed by atoms with Crippen molar-refractivity contribution in [2.75, 3.05) is 7.11 Å². The van der Waals surface area contributed by atoms with Gasteiger partial charge in [0.15, 0.2) is 0 Å². The van der Waals surface area contributed by atoms with Crippen LogP contribution < -0.4 is 4.74 Å². The van der Waals surface area contributed by atoms with Gasteiger partial charge in [0.1, 0.15) is 0 Å². The van der Waals surface area contributed by atoms with Crippen LogP contribution in [0.3, 0.4) is 0 Å². The minimum absolute atomic E-state index is 0.276. The summed E-state index contributed by atoms with van der Waals surface area (Å²) in [5, 5.41) is 0. The van der Waals surface area contributed by atoms with Crippen molar-refractivity contribution in [3.05, 3.63) is 23.9 Å². The van der Waals surface area contributed by atoms with Crippen LogP contribution in [0.25, 0.3) is 0 Å². The summed E-state index contributed by atoms with van der Waals surface area (Å²) in [6, 6.07) is 5.72. The number of halogens is 1. The molecule has 1 atom stereocenters. The summed E-state index contributed by atoms with van der Waals surface area (Å²) in [4.78, 5) is 4.50. The van der Waals surface area contributed by atoms with Crippen molar-refractivity contribution in [3.63, 3.8) is 0 Å². The van der Waals surface area contributed by atoms with Crippen LogP contribution in [0.5, 0.6) is 5.88 Å². The molecule has 0 saturated heterocycles. The number of nitrogens with zero attached hydrogens (tertiary/aromatic N) is 1. The topological polar surface area (TPSA) is 22.1 Å². The fraction of sp³-hybridized carbons (Fsp3) is 0.375. The second kappa shape index (κ2) is 3.72. The van der Waals surface area contributed by atoms with Crippen LogP contribution in [0.4, 0.5) is 0 Å². The predicted octanol–water partition coefficient (Wildman–Crippen LogP) is 2.55. The molecule has 1 aromatic heterocycles. The highest BCUT2D eigenvalue weighted by Gasteiger charge is 2.02. The minimum atomic E-state index is 0.276. The van der Waals surface area contributed by atoms with Crippen LogP contribution in [0.2, 0.25) is 0 Å². The smallest absolute Gasteiger partial charge is 0.213 e. The summed E-state index contributed by atoms with van der Waals surface area (Å²) in [6.07, 6.45) is 0. The van der Waals surface area contributed by atoms with E-state index >= 15 is 0 Å². The van der Waals surface area contributed by atoms with Crippen LogP contribution in [0.15, 0.2) is 18.2 Å². The van der Waals surface area contributed by atoms with E-state index in [-0.39, 0.29) is 4.83 Å². The van der Waals surface area contributed by atoms with Gasteiger partial charge in [0, 0.05) is 6.07 Å². The molecule has 1 rings (SSSR count). The van der Waals surface area contributed by atoms with E-state index in [2.05, 4.69) is 20.9 Å². The van der Waals surface area contributed by atoms with Crippen LogP contribution >= 0.6 is 15.9 Å². The first-order valence-corrected chi connectivity index (χ1v) is 4.30. The maximum absolute atomic E-state index is 4.97. The van der Waals surface area contributed by atoms with Gasteiger partial charge in [0.05, 0.1) is 17.6 Å².